The van der Waals surface area contributed by atoms with Crippen molar-refractivity contribution in [1.29, 1.82) is 0 Å². The molecule has 0 atom stereocenters. The Balaban J connectivity index is 0. The Labute approximate surface area is 182 Å². The van der Waals surface area contributed by atoms with Crippen LogP contribution in [0.2, 0.25) is 0 Å². The van der Waals surface area contributed by atoms with E-state index in [1.54, 1.807) is 0 Å². The van der Waals surface area contributed by atoms with Gasteiger partial charge in [-0.15, -0.1) is 84.9 Å². The monoisotopic (exact) mass is 480 g/mol. The molecule has 0 spiro atoms. The molecule has 0 aliphatic rings. The summed E-state index contributed by atoms with van der Waals surface area (Å²) in [5, 5.41) is 0. The maximum atomic E-state index is 0. The summed E-state index contributed by atoms with van der Waals surface area (Å²) in [6.45, 7) is 0. The number of hydrogen-bond acceptors (Lipinski definition) is 0. The van der Waals surface area contributed by atoms with Gasteiger partial charge in [-0.1, -0.05) is 0 Å². The van der Waals surface area contributed by atoms with Gasteiger partial charge in [0, 0.05) is 0 Å². The van der Waals surface area contributed by atoms with Crippen LogP contribution >= 0.6 is 84.9 Å². The molecule has 7 heavy (non-hydrogen) atoms. The number of rotatable bonds is 0. The van der Waals surface area contributed by atoms with Crippen LogP contribution in [0.15, 0.2) is 0 Å². The standard InChI is InChI=1S/5BrH.2K.2H/h5*1H;;;;. The zero-order valence-corrected chi connectivity index (χ0v) is 10.6. The molecule has 44 valence electrons. The fraction of sp³-hybridized carbons (Fsp3) is 0. The Morgan fingerprint density at radius 3 is 0.286 bits per heavy atom. The molecule has 0 aromatic heterocycles. The van der Waals surface area contributed by atoms with E-state index < -0.39 is 0 Å². The summed E-state index contributed by atoms with van der Waals surface area (Å²) < 4.78 is 0. The summed E-state index contributed by atoms with van der Waals surface area (Å²) in [5.41, 5.74) is 0. The summed E-state index contributed by atoms with van der Waals surface area (Å²) in [4.78, 5) is 0. The first-order chi connectivity index (χ1) is 0. The van der Waals surface area contributed by atoms with Gasteiger partial charge in [-0.2, -0.15) is 0 Å². The van der Waals surface area contributed by atoms with Gasteiger partial charge >= 0.3 is 103 Å². The van der Waals surface area contributed by atoms with Crippen molar-refractivity contribution in [2.24, 2.45) is 0 Å². The summed E-state index contributed by atoms with van der Waals surface area (Å²) in [6, 6.07) is 0. The Hall–Kier alpha value is 5.67. The molecule has 0 fully saturated rings. The SMILES string of the molecule is Br.Br.Br.Br.Br.[KH].[KH]. The van der Waals surface area contributed by atoms with Crippen LogP contribution in [0.25, 0.3) is 0 Å². The Morgan fingerprint density at radius 1 is 0.286 bits per heavy atom. The van der Waals surface area contributed by atoms with Gasteiger partial charge in [0.1, 0.15) is 0 Å². The Bertz CT molecular complexity index is 6.04. The zero-order chi connectivity index (χ0) is 0. The van der Waals surface area contributed by atoms with Gasteiger partial charge in [-0.3, -0.25) is 0 Å². The van der Waals surface area contributed by atoms with E-state index in [0.717, 1.165) is 0 Å². The van der Waals surface area contributed by atoms with Gasteiger partial charge in [-0.05, 0) is 0 Å². The van der Waals surface area contributed by atoms with E-state index in [1.807, 2.05) is 0 Å². The topological polar surface area (TPSA) is 0 Å². The molecule has 0 rings (SSSR count). The van der Waals surface area contributed by atoms with Crippen molar-refractivity contribution in [3.63, 3.8) is 0 Å². The van der Waals surface area contributed by atoms with Crippen LogP contribution in [0.1, 0.15) is 0 Å². The third-order valence-electron chi connectivity index (χ3n) is 0. The quantitative estimate of drug-likeness (QED) is 0.458. The van der Waals surface area contributed by atoms with E-state index in [9.17, 15) is 0 Å². The number of halogens is 5. The second-order valence-electron chi connectivity index (χ2n) is 0. The summed E-state index contributed by atoms with van der Waals surface area (Å²) in [7, 11) is 0. The Kier molecular flexibility index (Phi) is 317. The van der Waals surface area contributed by atoms with Crippen LogP contribution in [0.4, 0.5) is 0 Å². The average Bonchev–Trinajstić information content (AvgIpc) is 0. The molecule has 0 unspecified atom stereocenters. The second kappa shape index (κ2) is 41.3. The van der Waals surface area contributed by atoms with Crippen LogP contribution in [0, 0.1) is 0 Å². The molecular formula is H7Br5K2. The second-order valence-corrected chi connectivity index (χ2v) is 0. The van der Waals surface area contributed by atoms with Crippen molar-refractivity contribution in [3.8, 4) is 0 Å². The van der Waals surface area contributed by atoms with Gasteiger partial charge in [0.05, 0.1) is 0 Å². The molecule has 0 amide bonds. The van der Waals surface area contributed by atoms with Gasteiger partial charge in [-0.25, -0.2) is 0 Å². The van der Waals surface area contributed by atoms with E-state index in [-0.39, 0.29) is 188 Å². The van der Waals surface area contributed by atoms with Gasteiger partial charge in [0.25, 0.3) is 0 Å². The molecule has 0 aliphatic heterocycles. The molecule has 7 heteroatoms. The van der Waals surface area contributed by atoms with Crippen LogP contribution in [-0.4, -0.2) is 103 Å². The molecular weight excluding hydrogens is 478 g/mol. The van der Waals surface area contributed by atoms with Gasteiger partial charge < -0.3 is 0 Å². The van der Waals surface area contributed by atoms with Crippen LogP contribution in [-0.2, 0) is 0 Å². The average molecular weight is 485 g/mol. The molecule has 0 aliphatic carbocycles. The van der Waals surface area contributed by atoms with E-state index in [1.165, 1.54) is 0 Å². The fourth-order valence-corrected chi connectivity index (χ4v) is 0. The molecule has 0 aromatic rings. The first-order valence-electron chi connectivity index (χ1n) is 0. The molecule has 0 heterocycles. The van der Waals surface area contributed by atoms with E-state index >= 15 is 0 Å². The molecule has 0 saturated carbocycles. The third kappa shape index (κ3) is 33.9. The summed E-state index contributed by atoms with van der Waals surface area (Å²) in [5.74, 6) is 0. The van der Waals surface area contributed by atoms with Crippen LogP contribution in [0.3, 0.4) is 0 Å². The van der Waals surface area contributed by atoms with Gasteiger partial charge in [0.15, 0.2) is 0 Å². The zero-order valence-electron chi connectivity index (χ0n) is 2.04. The van der Waals surface area contributed by atoms with Crippen molar-refractivity contribution in [2.45, 2.75) is 0 Å². The fourth-order valence-electron chi connectivity index (χ4n) is 0. The van der Waals surface area contributed by atoms with Gasteiger partial charge in [0.2, 0.25) is 0 Å². The van der Waals surface area contributed by atoms with E-state index in [0.29, 0.717) is 0 Å². The minimum atomic E-state index is 0. The number of hydrogen-bond donors (Lipinski definition) is 0. The molecule has 0 N–H and O–H groups in total. The molecule has 0 nitrogen and oxygen atoms in total. The van der Waals surface area contributed by atoms with E-state index in [4.69, 9.17) is 0 Å². The first kappa shape index (κ1) is 53.7. The third-order valence-corrected chi connectivity index (χ3v) is 0. The van der Waals surface area contributed by atoms with Crippen molar-refractivity contribution in [3.05, 3.63) is 0 Å². The van der Waals surface area contributed by atoms with Crippen molar-refractivity contribution in [1.82, 2.24) is 0 Å². The minimum absolute atomic E-state index is 0. The predicted octanol–water partition coefficient (Wildman–Crippen LogP) is 1.59. The Morgan fingerprint density at radius 2 is 0.286 bits per heavy atom. The predicted molar refractivity (Wildman–Crippen MR) is 65.9 cm³/mol. The normalized spacial score (nSPS) is 0. The molecule has 0 bridgehead atoms. The van der Waals surface area contributed by atoms with Crippen LogP contribution < -0.4 is 0 Å². The summed E-state index contributed by atoms with van der Waals surface area (Å²) in [6.07, 6.45) is 0. The van der Waals surface area contributed by atoms with Crippen molar-refractivity contribution in [2.75, 3.05) is 0 Å². The van der Waals surface area contributed by atoms with Crippen LogP contribution in [0.5, 0.6) is 0 Å². The molecule has 0 aromatic carbocycles. The molecule has 0 radical (unpaired) electrons. The van der Waals surface area contributed by atoms with Crippen molar-refractivity contribution < 1.29 is 0 Å². The van der Waals surface area contributed by atoms with Crippen molar-refractivity contribution >= 4 is 188 Å². The van der Waals surface area contributed by atoms with E-state index in [2.05, 4.69) is 0 Å². The first-order valence-corrected chi connectivity index (χ1v) is 0. The molecule has 0 saturated heterocycles. The summed E-state index contributed by atoms with van der Waals surface area (Å²) >= 11 is 0. The maximum absolute atomic E-state index is 0.